The molecule has 0 aliphatic rings. The predicted octanol–water partition coefficient (Wildman–Crippen LogP) is 1.48. The number of nitrogens with two attached hydrogens (primary N) is 1. The Hall–Kier alpha value is -1.22. The van der Waals surface area contributed by atoms with Gasteiger partial charge >= 0.3 is 6.18 Å². The van der Waals surface area contributed by atoms with Gasteiger partial charge in [-0.2, -0.15) is 13.2 Å². The minimum Gasteiger partial charge on any atom is -0.350 e. The van der Waals surface area contributed by atoms with E-state index in [4.69, 9.17) is 5.84 Å². The van der Waals surface area contributed by atoms with E-state index in [0.29, 0.717) is 5.16 Å². The van der Waals surface area contributed by atoms with Crippen molar-refractivity contribution in [3.8, 4) is 0 Å². The molecule has 0 atom stereocenters. The second-order valence-corrected chi connectivity index (χ2v) is 3.99. The van der Waals surface area contributed by atoms with Crippen molar-refractivity contribution in [3.05, 3.63) is 6.07 Å². The molecule has 5 nitrogen and oxygen atoms in total. The molecule has 0 aromatic carbocycles. The zero-order valence-corrected chi connectivity index (χ0v) is 10.1. The molecule has 0 saturated heterocycles. The molecule has 0 aliphatic heterocycles. The van der Waals surface area contributed by atoms with E-state index in [1.807, 2.05) is 0 Å². The SMILES string of the molecule is CSc1nc(NN)cc(N(C)CC(F)(F)F)n1. The lowest BCUT2D eigenvalue weighted by Gasteiger charge is -2.20. The Balaban J connectivity index is 2.96. The molecule has 9 heteroatoms. The number of alkyl halides is 3. The van der Waals surface area contributed by atoms with Gasteiger partial charge in [0.05, 0.1) is 0 Å². The number of hydrazine groups is 1. The molecule has 3 N–H and O–H groups in total. The maximum absolute atomic E-state index is 12.2. The van der Waals surface area contributed by atoms with E-state index in [9.17, 15) is 13.2 Å². The predicted molar refractivity (Wildman–Crippen MR) is 60.9 cm³/mol. The number of rotatable bonds is 4. The number of nitrogen functional groups attached to an aromatic ring is 1. The molecular weight excluding hydrogens is 255 g/mol. The largest absolute Gasteiger partial charge is 0.405 e. The van der Waals surface area contributed by atoms with Gasteiger partial charge in [0, 0.05) is 13.1 Å². The highest BCUT2D eigenvalue weighted by Crippen LogP contribution is 2.22. The van der Waals surface area contributed by atoms with E-state index in [1.165, 1.54) is 24.9 Å². The molecule has 17 heavy (non-hydrogen) atoms. The van der Waals surface area contributed by atoms with Gasteiger partial charge in [0.15, 0.2) is 5.16 Å². The lowest BCUT2D eigenvalue weighted by molar-refractivity contribution is -0.119. The second-order valence-electron chi connectivity index (χ2n) is 3.21. The van der Waals surface area contributed by atoms with Crippen molar-refractivity contribution in [1.82, 2.24) is 9.97 Å². The molecular formula is C8H12F3N5S. The zero-order valence-electron chi connectivity index (χ0n) is 9.25. The van der Waals surface area contributed by atoms with Crippen LogP contribution in [-0.2, 0) is 0 Å². The monoisotopic (exact) mass is 267 g/mol. The summed E-state index contributed by atoms with van der Waals surface area (Å²) in [5, 5.41) is 0.351. The van der Waals surface area contributed by atoms with Crippen LogP contribution in [0.1, 0.15) is 0 Å². The number of nitrogens with one attached hydrogen (secondary N) is 1. The minimum atomic E-state index is -4.28. The number of anilines is 2. The van der Waals surface area contributed by atoms with E-state index in [2.05, 4.69) is 15.4 Å². The minimum absolute atomic E-state index is 0.162. The van der Waals surface area contributed by atoms with E-state index < -0.39 is 12.7 Å². The van der Waals surface area contributed by atoms with Crippen molar-refractivity contribution in [2.45, 2.75) is 11.3 Å². The number of halogens is 3. The van der Waals surface area contributed by atoms with Gasteiger partial charge in [-0.3, -0.25) is 0 Å². The third-order valence-corrected chi connectivity index (χ3v) is 2.38. The summed E-state index contributed by atoms with van der Waals surface area (Å²) in [4.78, 5) is 8.91. The second kappa shape index (κ2) is 5.41. The summed E-state index contributed by atoms with van der Waals surface area (Å²) in [6.45, 7) is -1.08. The summed E-state index contributed by atoms with van der Waals surface area (Å²) in [6, 6.07) is 1.35. The fourth-order valence-corrected chi connectivity index (χ4v) is 1.50. The van der Waals surface area contributed by atoms with Gasteiger partial charge in [-0.1, -0.05) is 11.8 Å². The Kier molecular flexibility index (Phi) is 4.40. The van der Waals surface area contributed by atoms with Crippen molar-refractivity contribution in [2.24, 2.45) is 5.84 Å². The fourth-order valence-electron chi connectivity index (χ4n) is 1.12. The average molecular weight is 267 g/mol. The van der Waals surface area contributed by atoms with Crippen molar-refractivity contribution in [3.63, 3.8) is 0 Å². The summed E-state index contributed by atoms with van der Waals surface area (Å²) >= 11 is 1.22. The topological polar surface area (TPSA) is 67.1 Å². The van der Waals surface area contributed by atoms with Crippen LogP contribution >= 0.6 is 11.8 Å². The first-order valence-corrected chi connectivity index (χ1v) is 5.76. The molecule has 0 aliphatic carbocycles. The van der Waals surface area contributed by atoms with Crippen molar-refractivity contribution < 1.29 is 13.2 Å². The molecule has 0 fully saturated rings. The summed E-state index contributed by atoms with van der Waals surface area (Å²) < 4.78 is 36.7. The lowest BCUT2D eigenvalue weighted by Crippen LogP contribution is -2.31. The van der Waals surface area contributed by atoms with Gasteiger partial charge in [-0.25, -0.2) is 15.8 Å². The van der Waals surface area contributed by atoms with Crippen LogP contribution in [0, 0.1) is 0 Å². The Bertz CT molecular complexity index is 362. The Morgan fingerprint density at radius 3 is 2.59 bits per heavy atom. The van der Waals surface area contributed by atoms with Crippen LogP contribution in [0.3, 0.4) is 0 Å². The van der Waals surface area contributed by atoms with Gasteiger partial charge in [-0.15, -0.1) is 0 Å². The van der Waals surface area contributed by atoms with Gasteiger partial charge in [0.2, 0.25) is 0 Å². The highest BCUT2D eigenvalue weighted by atomic mass is 32.2. The van der Waals surface area contributed by atoms with Crippen LogP contribution in [-0.4, -0.2) is 36.0 Å². The third kappa shape index (κ3) is 4.27. The molecule has 0 amide bonds. The van der Waals surface area contributed by atoms with Crippen molar-refractivity contribution in [2.75, 3.05) is 30.2 Å². The molecule has 0 spiro atoms. The van der Waals surface area contributed by atoms with Gasteiger partial charge in [-0.05, 0) is 6.26 Å². The smallest absolute Gasteiger partial charge is 0.350 e. The Labute approximate surface area is 101 Å². The number of hydrogen-bond donors (Lipinski definition) is 2. The Morgan fingerprint density at radius 1 is 1.47 bits per heavy atom. The van der Waals surface area contributed by atoms with Crippen molar-refractivity contribution in [1.29, 1.82) is 0 Å². The normalized spacial score (nSPS) is 11.4. The van der Waals surface area contributed by atoms with Crippen molar-refractivity contribution >= 4 is 23.4 Å². The maximum Gasteiger partial charge on any atom is 0.405 e. The molecule has 0 unspecified atom stereocenters. The summed E-state index contributed by atoms with van der Waals surface area (Å²) in [7, 11) is 1.31. The maximum atomic E-state index is 12.2. The van der Waals surface area contributed by atoms with E-state index >= 15 is 0 Å². The van der Waals surface area contributed by atoms with Crippen LogP contribution in [0.5, 0.6) is 0 Å². The number of thioether (sulfide) groups is 1. The van der Waals surface area contributed by atoms with Crippen LogP contribution in [0.15, 0.2) is 11.2 Å². The van der Waals surface area contributed by atoms with E-state index in [1.54, 1.807) is 6.26 Å². The third-order valence-electron chi connectivity index (χ3n) is 1.83. The fraction of sp³-hybridized carbons (Fsp3) is 0.500. The first kappa shape index (κ1) is 13.8. The summed E-state index contributed by atoms with van der Waals surface area (Å²) in [5.41, 5.74) is 2.29. The molecule has 1 heterocycles. The molecule has 0 bridgehead atoms. The molecule has 1 aromatic heterocycles. The number of aromatic nitrogens is 2. The summed E-state index contributed by atoms with van der Waals surface area (Å²) in [5.74, 6) is 5.61. The Morgan fingerprint density at radius 2 is 2.12 bits per heavy atom. The number of hydrogen-bond acceptors (Lipinski definition) is 6. The molecule has 1 rings (SSSR count). The zero-order chi connectivity index (χ0) is 13.1. The number of nitrogens with zero attached hydrogens (tertiary/aromatic N) is 3. The van der Waals surface area contributed by atoms with Gasteiger partial charge < -0.3 is 10.3 Å². The van der Waals surface area contributed by atoms with Crippen LogP contribution in [0.4, 0.5) is 24.8 Å². The molecule has 96 valence electrons. The first-order valence-electron chi connectivity index (χ1n) is 4.53. The van der Waals surface area contributed by atoms with E-state index in [0.717, 1.165) is 4.90 Å². The highest BCUT2D eigenvalue weighted by Gasteiger charge is 2.30. The van der Waals surface area contributed by atoms with Crippen LogP contribution in [0.25, 0.3) is 0 Å². The van der Waals surface area contributed by atoms with Gasteiger partial charge in [0.1, 0.15) is 18.2 Å². The van der Waals surface area contributed by atoms with Crippen LogP contribution < -0.4 is 16.2 Å². The standard InChI is InChI=1S/C8H12F3N5S/c1-16(4-8(9,10)11)6-3-5(15-12)13-7(14-6)17-2/h3H,4,12H2,1-2H3,(H,13,14,15). The highest BCUT2D eigenvalue weighted by molar-refractivity contribution is 7.98. The van der Waals surface area contributed by atoms with Gasteiger partial charge in [0.25, 0.3) is 0 Å². The quantitative estimate of drug-likeness (QED) is 0.373. The molecule has 0 radical (unpaired) electrons. The molecule has 1 aromatic rings. The molecule has 0 saturated carbocycles. The average Bonchev–Trinajstić information content (AvgIpc) is 2.26. The summed E-state index contributed by atoms with van der Waals surface area (Å²) in [6.07, 6.45) is -2.56. The first-order chi connectivity index (χ1) is 7.85. The lowest BCUT2D eigenvalue weighted by atomic mass is 10.4. The van der Waals surface area contributed by atoms with E-state index in [-0.39, 0.29) is 11.6 Å². The van der Waals surface area contributed by atoms with Crippen LogP contribution in [0.2, 0.25) is 0 Å².